The Kier molecular flexibility index (Phi) is 17.6. The third-order valence-corrected chi connectivity index (χ3v) is 16.8. The minimum atomic E-state index is 0.0559. The molecule has 0 radical (unpaired) electrons. The summed E-state index contributed by atoms with van der Waals surface area (Å²) in [6.07, 6.45) is 3.51. The van der Waals surface area contributed by atoms with Crippen molar-refractivity contribution in [1.29, 1.82) is 0 Å². The van der Waals surface area contributed by atoms with E-state index >= 15 is 0 Å². The standard InChI is InChI=1S/C46H42N4.C40H30N4O/c1-45(2,3)32-21-26-35(27-22-32)50(36-28-23-33(24-29-36)46(4,5)6)44-40-17-9-7-15-37(40)39(38-16-8-10-18-41(38)44)30-25-34-14-13-20-43(48-34)49-42-19-11-12-31-47-42;1-28-17-20-30(21-18-28)44(31-22-24-32(45-2)25-23-31)40-36-13-5-3-11-33(36)35(34-12-4-6-14-37(34)40)26-19-29-10-9-16-39(42-29)43-38-15-7-8-27-41-38/h7-24,26-29,31H,1-6H3,(H,47,48,49);3-18,20-25,27H,1-2H3,(H,41,42,43). The molecule has 0 amide bonds. The highest BCUT2D eigenvalue weighted by Crippen LogP contribution is 2.48. The largest absolute Gasteiger partial charge is 0.497 e. The van der Waals surface area contributed by atoms with Crippen molar-refractivity contribution in [1.82, 2.24) is 19.9 Å². The molecule has 462 valence electrons. The van der Waals surface area contributed by atoms with E-state index < -0.39 is 0 Å². The number of ether oxygens (including phenoxy) is 1. The summed E-state index contributed by atoms with van der Waals surface area (Å²) in [6.45, 7) is 15.7. The summed E-state index contributed by atoms with van der Waals surface area (Å²) in [5, 5.41) is 15.4. The first kappa shape index (κ1) is 61.8. The maximum Gasteiger partial charge on any atom is 0.132 e. The molecule has 4 heterocycles. The van der Waals surface area contributed by atoms with Crippen molar-refractivity contribution >= 4 is 100 Å². The summed E-state index contributed by atoms with van der Waals surface area (Å²) in [5.41, 5.74) is 13.8. The van der Waals surface area contributed by atoms with Gasteiger partial charge in [-0.25, -0.2) is 19.9 Å². The number of anilines is 10. The molecule has 10 aromatic carbocycles. The zero-order chi connectivity index (χ0) is 65.5. The number of hydrogen-bond donors (Lipinski definition) is 2. The second kappa shape index (κ2) is 27.0. The van der Waals surface area contributed by atoms with E-state index in [1.165, 1.54) is 16.7 Å². The molecule has 0 fully saturated rings. The number of benzene rings is 10. The summed E-state index contributed by atoms with van der Waals surface area (Å²) in [4.78, 5) is 23.0. The number of hydrogen-bond acceptors (Lipinski definition) is 9. The lowest BCUT2D eigenvalue weighted by molar-refractivity contribution is 0.415. The fourth-order valence-electron chi connectivity index (χ4n) is 12.0. The van der Waals surface area contributed by atoms with E-state index in [4.69, 9.17) is 14.7 Å². The van der Waals surface area contributed by atoms with Crippen LogP contribution in [0.3, 0.4) is 0 Å². The highest BCUT2D eigenvalue weighted by Gasteiger charge is 2.25. The zero-order valence-corrected chi connectivity index (χ0v) is 54.6. The van der Waals surface area contributed by atoms with E-state index in [0.29, 0.717) is 23.0 Å². The van der Waals surface area contributed by atoms with E-state index in [-0.39, 0.29) is 10.8 Å². The number of pyridine rings is 4. The van der Waals surface area contributed by atoms with E-state index in [1.807, 2.05) is 84.9 Å². The van der Waals surface area contributed by atoms with E-state index in [1.54, 1.807) is 19.5 Å². The fourth-order valence-corrected chi connectivity index (χ4v) is 12.0. The molecule has 0 saturated heterocycles. The molecular formula is C86H72N8O. The molecule has 4 aromatic heterocycles. The van der Waals surface area contributed by atoms with Crippen LogP contribution in [0.1, 0.15) is 80.7 Å². The Labute approximate surface area is 556 Å². The zero-order valence-electron chi connectivity index (χ0n) is 54.6. The van der Waals surface area contributed by atoms with Crippen molar-refractivity contribution in [2.75, 3.05) is 27.5 Å². The molecule has 0 aliphatic rings. The van der Waals surface area contributed by atoms with Crippen molar-refractivity contribution in [3.05, 3.63) is 319 Å². The predicted molar refractivity (Wildman–Crippen MR) is 396 cm³/mol. The number of nitrogens with zero attached hydrogens (tertiary/aromatic N) is 6. The molecule has 2 N–H and O–H groups in total. The van der Waals surface area contributed by atoms with E-state index in [2.05, 4.69) is 285 Å². The number of aryl methyl sites for hydroxylation is 1. The molecule has 0 aliphatic carbocycles. The molecule has 14 rings (SSSR count). The van der Waals surface area contributed by atoms with Crippen LogP contribution in [-0.4, -0.2) is 27.0 Å². The molecule has 95 heavy (non-hydrogen) atoms. The van der Waals surface area contributed by atoms with Crippen LogP contribution in [0.25, 0.3) is 43.1 Å². The van der Waals surface area contributed by atoms with Crippen LogP contribution >= 0.6 is 0 Å². The quantitative estimate of drug-likeness (QED) is 0.0970. The van der Waals surface area contributed by atoms with E-state index in [9.17, 15) is 0 Å². The third kappa shape index (κ3) is 13.6. The summed E-state index contributed by atoms with van der Waals surface area (Å²) >= 11 is 0. The van der Waals surface area contributed by atoms with Crippen molar-refractivity contribution in [2.24, 2.45) is 0 Å². The van der Waals surface area contributed by atoms with Gasteiger partial charge in [0.25, 0.3) is 0 Å². The molecule has 14 aromatic rings. The Balaban J connectivity index is 0.000000173. The third-order valence-electron chi connectivity index (χ3n) is 16.8. The summed E-state index contributed by atoms with van der Waals surface area (Å²) in [5.74, 6) is 17.5. The first-order chi connectivity index (χ1) is 46.2. The molecule has 0 spiro atoms. The minimum absolute atomic E-state index is 0.0559. The van der Waals surface area contributed by atoms with Gasteiger partial charge >= 0.3 is 0 Å². The van der Waals surface area contributed by atoms with Gasteiger partial charge in [-0.15, -0.1) is 0 Å². The Morgan fingerprint density at radius 3 is 0.968 bits per heavy atom. The average Bonchev–Trinajstić information content (AvgIpc) is 0.750. The van der Waals surface area contributed by atoms with Crippen LogP contribution in [-0.2, 0) is 10.8 Å². The van der Waals surface area contributed by atoms with Gasteiger partial charge in [-0.2, -0.15) is 0 Å². The van der Waals surface area contributed by atoms with Crippen molar-refractivity contribution in [2.45, 2.75) is 59.3 Å². The summed E-state index contributed by atoms with van der Waals surface area (Å²) < 4.78 is 5.49. The maximum absolute atomic E-state index is 5.49. The van der Waals surface area contributed by atoms with Crippen LogP contribution < -0.4 is 25.2 Å². The van der Waals surface area contributed by atoms with Gasteiger partial charge < -0.3 is 25.2 Å². The van der Waals surface area contributed by atoms with Crippen molar-refractivity contribution in [3.63, 3.8) is 0 Å². The van der Waals surface area contributed by atoms with Gasteiger partial charge in [0.05, 0.1) is 18.5 Å². The van der Waals surface area contributed by atoms with Gasteiger partial charge in [-0.05, 0) is 150 Å². The minimum Gasteiger partial charge on any atom is -0.497 e. The average molecular weight is 1230 g/mol. The SMILES string of the molecule is CC(C)(C)c1ccc(N(c2ccc(C(C)(C)C)cc2)c2c3ccccc3c(C#Cc3cccc(Nc4ccccn4)n3)c3ccccc23)cc1.COc1ccc(N(c2ccc(C)cc2)c2c3ccccc3c(C#Cc3cccc(Nc4ccccn4)n3)c3ccccc23)cc1. The first-order valence-electron chi connectivity index (χ1n) is 32.0. The number of fused-ring (bicyclic) bond motifs is 4. The molecule has 0 bridgehead atoms. The van der Waals surface area contributed by atoms with Gasteiger partial charge in [-0.3, -0.25) is 0 Å². The number of rotatable bonds is 11. The van der Waals surface area contributed by atoms with Gasteiger partial charge in [-0.1, -0.05) is 217 Å². The molecule has 0 atom stereocenters. The van der Waals surface area contributed by atoms with Gasteiger partial charge in [0, 0.05) is 89.4 Å². The second-order valence-corrected chi connectivity index (χ2v) is 25.4. The Morgan fingerprint density at radius 2 is 0.642 bits per heavy atom. The second-order valence-electron chi connectivity index (χ2n) is 25.4. The van der Waals surface area contributed by atoms with Crippen LogP contribution in [0.15, 0.2) is 279 Å². The first-order valence-corrected chi connectivity index (χ1v) is 32.0. The Morgan fingerprint density at radius 1 is 0.326 bits per heavy atom. The smallest absolute Gasteiger partial charge is 0.132 e. The molecular weight excluding hydrogens is 1160 g/mol. The van der Waals surface area contributed by atoms with Gasteiger partial charge in [0.1, 0.15) is 40.4 Å². The van der Waals surface area contributed by atoms with Crippen LogP contribution in [0, 0.1) is 30.6 Å². The number of aromatic nitrogens is 4. The van der Waals surface area contributed by atoms with Crippen molar-refractivity contribution < 1.29 is 4.74 Å². The summed E-state index contributed by atoms with van der Waals surface area (Å²) in [7, 11) is 1.69. The van der Waals surface area contributed by atoms with Crippen LogP contribution in [0.5, 0.6) is 5.75 Å². The molecule has 9 heteroatoms. The normalized spacial score (nSPS) is 11.2. The molecule has 0 unspecified atom stereocenters. The lowest BCUT2D eigenvalue weighted by Crippen LogP contribution is -2.15. The van der Waals surface area contributed by atoms with Gasteiger partial charge in [0.15, 0.2) is 0 Å². The number of methoxy groups -OCH3 is 1. The molecule has 9 nitrogen and oxygen atoms in total. The lowest BCUT2D eigenvalue weighted by atomic mass is 9.86. The highest BCUT2D eigenvalue weighted by atomic mass is 16.5. The van der Waals surface area contributed by atoms with Gasteiger partial charge in [0.2, 0.25) is 0 Å². The maximum atomic E-state index is 5.49. The summed E-state index contributed by atoms with van der Waals surface area (Å²) in [6, 6.07) is 92.3. The number of nitrogens with one attached hydrogen (secondary N) is 2. The highest BCUT2D eigenvalue weighted by molar-refractivity contribution is 6.19. The molecule has 0 saturated carbocycles. The van der Waals surface area contributed by atoms with Crippen LogP contribution in [0.4, 0.5) is 57.4 Å². The van der Waals surface area contributed by atoms with E-state index in [0.717, 1.165) is 106 Å². The van der Waals surface area contributed by atoms with Crippen LogP contribution in [0.2, 0.25) is 0 Å². The monoisotopic (exact) mass is 1230 g/mol. The topological polar surface area (TPSA) is 91.3 Å². The fraction of sp³-hybridized carbons (Fsp3) is 0.116. The Hall–Kier alpha value is -12.0. The predicted octanol–water partition coefficient (Wildman–Crippen LogP) is 21.7. The molecule has 0 aliphatic heterocycles. The Bertz CT molecular complexity index is 5020. The van der Waals surface area contributed by atoms with Crippen molar-refractivity contribution in [3.8, 4) is 29.4 Å². The lowest BCUT2D eigenvalue weighted by Gasteiger charge is -2.30.